The lowest BCUT2D eigenvalue weighted by Crippen LogP contribution is -2.26. The topological polar surface area (TPSA) is 37.9 Å². The van der Waals surface area contributed by atoms with Crippen molar-refractivity contribution in [2.45, 2.75) is 6.11 Å². The number of halogens is 3. The summed E-state index contributed by atoms with van der Waals surface area (Å²) in [6.07, 6.45) is -0.631. The lowest BCUT2D eigenvalue weighted by atomic mass is 10.1. The average Bonchev–Trinajstić information content (AvgIpc) is 2.82. The van der Waals surface area contributed by atoms with Crippen LogP contribution in [0, 0.1) is 0 Å². The third kappa shape index (κ3) is 2.77. The zero-order valence-electron chi connectivity index (χ0n) is 8.66. The summed E-state index contributed by atoms with van der Waals surface area (Å²) in [4.78, 5) is 0. The zero-order chi connectivity index (χ0) is 12.3. The Balaban J connectivity index is 2.23. The molecule has 0 bridgehead atoms. The van der Waals surface area contributed by atoms with Crippen molar-refractivity contribution in [3.05, 3.63) is 36.7 Å². The van der Waals surface area contributed by atoms with Gasteiger partial charge in [0.2, 0.25) is 0 Å². The summed E-state index contributed by atoms with van der Waals surface area (Å²) in [5.41, 5.74) is 1.39. The largest absolute Gasteiger partial charge is 0.431 e. The van der Waals surface area contributed by atoms with Crippen molar-refractivity contribution in [2.24, 2.45) is 0 Å². The Labute approximate surface area is 95.2 Å². The van der Waals surface area contributed by atoms with Crippen LogP contribution in [0.25, 0.3) is 11.1 Å². The van der Waals surface area contributed by atoms with Gasteiger partial charge in [-0.2, -0.15) is 13.9 Å². The summed E-state index contributed by atoms with van der Waals surface area (Å²) in [6, 6.07) is 6.00. The molecular weight excluding hydrogens is 233 g/mol. The van der Waals surface area contributed by atoms with Crippen LogP contribution in [-0.4, -0.2) is 23.0 Å². The van der Waals surface area contributed by atoms with Crippen LogP contribution in [0.4, 0.5) is 13.2 Å². The normalized spacial score (nSPS) is 11.5. The van der Waals surface area contributed by atoms with Crippen LogP contribution in [0.1, 0.15) is 0 Å². The summed E-state index contributed by atoms with van der Waals surface area (Å²) < 4.78 is 41.6. The van der Waals surface area contributed by atoms with E-state index in [1.165, 1.54) is 12.1 Å². The van der Waals surface area contributed by atoms with Crippen LogP contribution >= 0.6 is 0 Å². The average molecular weight is 242 g/mol. The highest BCUT2D eigenvalue weighted by molar-refractivity contribution is 5.63. The van der Waals surface area contributed by atoms with E-state index >= 15 is 0 Å². The van der Waals surface area contributed by atoms with E-state index in [9.17, 15) is 13.2 Å². The predicted molar refractivity (Wildman–Crippen MR) is 55.6 cm³/mol. The molecule has 90 valence electrons. The van der Waals surface area contributed by atoms with Crippen LogP contribution in [-0.2, 0) is 0 Å². The van der Waals surface area contributed by atoms with E-state index in [0.29, 0.717) is 5.56 Å². The van der Waals surface area contributed by atoms with E-state index in [1.54, 1.807) is 24.5 Å². The molecule has 0 aliphatic carbocycles. The molecule has 2 rings (SSSR count). The van der Waals surface area contributed by atoms with Gasteiger partial charge in [0, 0.05) is 11.8 Å². The summed E-state index contributed by atoms with van der Waals surface area (Å²) in [6.45, 7) is -1.86. The second-order valence-corrected chi connectivity index (χ2v) is 3.39. The van der Waals surface area contributed by atoms with Gasteiger partial charge in [0.1, 0.15) is 5.75 Å². The van der Waals surface area contributed by atoms with Crippen LogP contribution in [0.3, 0.4) is 0 Å². The molecule has 0 aliphatic heterocycles. The summed E-state index contributed by atoms with van der Waals surface area (Å²) in [7, 11) is 0. The molecule has 3 nitrogen and oxygen atoms in total. The predicted octanol–water partition coefficient (Wildman–Crippen LogP) is 3.02. The monoisotopic (exact) mass is 242 g/mol. The van der Waals surface area contributed by atoms with Crippen molar-refractivity contribution in [2.75, 3.05) is 6.67 Å². The Morgan fingerprint density at radius 1 is 1.29 bits per heavy atom. The van der Waals surface area contributed by atoms with Gasteiger partial charge in [-0.25, -0.2) is 4.39 Å². The summed E-state index contributed by atoms with van der Waals surface area (Å²) in [5, 5.41) is 6.35. The fraction of sp³-hybridized carbons (Fsp3) is 0.182. The molecule has 17 heavy (non-hydrogen) atoms. The molecule has 1 N–H and O–H groups in total. The number of nitrogens with one attached hydrogen (secondary N) is 1. The molecule has 0 unspecified atom stereocenters. The van der Waals surface area contributed by atoms with E-state index in [-0.39, 0.29) is 5.75 Å². The van der Waals surface area contributed by atoms with E-state index in [4.69, 9.17) is 0 Å². The maximum absolute atomic E-state index is 12.7. The van der Waals surface area contributed by atoms with E-state index < -0.39 is 12.8 Å². The van der Waals surface area contributed by atoms with Crippen LogP contribution < -0.4 is 4.74 Å². The Bertz CT molecular complexity index is 485. The van der Waals surface area contributed by atoms with E-state index in [2.05, 4.69) is 14.9 Å². The molecule has 0 aliphatic rings. The SMILES string of the molecule is FCC(F)(F)Oc1cccc(-c2cn[nH]c2)c1. The second kappa shape index (κ2) is 4.48. The smallest absolute Gasteiger partial charge is 0.427 e. The molecule has 1 heterocycles. The minimum absolute atomic E-state index is 0.0913. The Hall–Kier alpha value is -1.98. The minimum Gasteiger partial charge on any atom is -0.431 e. The Kier molecular flexibility index (Phi) is 3.03. The molecule has 0 radical (unpaired) electrons. The molecular formula is C11H9F3N2O. The third-order valence-corrected chi connectivity index (χ3v) is 2.09. The number of aromatic amines is 1. The number of ether oxygens (including phenoxy) is 1. The zero-order valence-corrected chi connectivity index (χ0v) is 8.66. The van der Waals surface area contributed by atoms with Gasteiger partial charge in [0.15, 0.2) is 6.67 Å². The first kappa shape index (κ1) is 11.5. The summed E-state index contributed by atoms with van der Waals surface area (Å²) >= 11 is 0. The number of nitrogens with zero attached hydrogens (tertiary/aromatic N) is 1. The van der Waals surface area contributed by atoms with Crippen LogP contribution in [0.5, 0.6) is 5.75 Å². The molecule has 2 aromatic rings. The molecule has 6 heteroatoms. The first-order valence-electron chi connectivity index (χ1n) is 4.83. The lowest BCUT2D eigenvalue weighted by molar-refractivity contribution is -0.186. The quantitative estimate of drug-likeness (QED) is 0.894. The lowest BCUT2D eigenvalue weighted by Gasteiger charge is -2.14. The van der Waals surface area contributed by atoms with Gasteiger partial charge in [0.05, 0.1) is 6.20 Å². The molecule has 0 amide bonds. The number of hydrogen-bond acceptors (Lipinski definition) is 2. The molecule has 0 saturated heterocycles. The molecule has 1 aromatic heterocycles. The molecule has 0 spiro atoms. The first-order valence-corrected chi connectivity index (χ1v) is 4.83. The molecule has 1 aromatic carbocycles. The van der Waals surface area contributed by atoms with Crippen LogP contribution in [0.2, 0.25) is 0 Å². The fourth-order valence-electron chi connectivity index (χ4n) is 1.35. The third-order valence-electron chi connectivity index (χ3n) is 2.09. The Morgan fingerprint density at radius 2 is 2.12 bits per heavy atom. The standard InChI is InChI=1S/C11H9F3N2O/c12-7-11(13,14)17-10-3-1-2-8(4-10)9-5-15-16-6-9/h1-6H,7H2,(H,15,16). The Morgan fingerprint density at radius 3 is 2.76 bits per heavy atom. The first-order chi connectivity index (χ1) is 8.11. The van der Waals surface area contributed by atoms with Gasteiger partial charge in [0.25, 0.3) is 0 Å². The number of alkyl halides is 3. The van der Waals surface area contributed by atoms with Gasteiger partial charge in [-0.1, -0.05) is 12.1 Å². The van der Waals surface area contributed by atoms with Gasteiger partial charge in [-0.15, -0.1) is 0 Å². The van der Waals surface area contributed by atoms with E-state index in [0.717, 1.165) is 5.56 Å². The van der Waals surface area contributed by atoms with Crippen molar-refractivity contribution in [1.82, 2.24) is 10.2 Å². The summed E-state index contributed by atoms with van der Waals surface area (Å²) in [5.74, 6) is -0.0913. The van der Waals surface area contributed by atoms with Crippen molar-refractivity contribution in [3.63, 3.8) is 0 Å². The minimum atomic E-state index is -3.80. The van der Waals surface area contributed by atoms with Crippen molar-refractivity contribution < 1.29 is 17.9 Å². The van der Waals surface area contributed by atoms with Gasteiger partial charge in [-0.3, -0.25) is 5.10 Å². The highest BCUT2D eigenvalue weighted by Crippen LogP contribution is 2.26. The number of aromatic nitrogens is 2. The van der Waals surface area contributed by atoms with Crippen LogP contribution in [0.15, 0.2) is 36.7 Å². The maximum atomic E-state index is 12.7. The molecule has 0 fully saturated rings. The number of benzene rings is 1. The van der Waals surface area contributed by atoms with E-state index in [1.807, 2.05) is 0 Å². The molecule has 0 saturated carbocycles. The number of hydrogen-bond donors (Lipinski definition) is 1. The van der Waals surface area contributed by atoms with Gasteiger partial charge < -0.3 is 4.74 Å². The van der Waals surface area contributed by atoms with Crippen molar-refractivity contribution in [1.29, 1.82) is 0 Å². The van der Waals surface area contributed by atoms with Crippen molar-refractivity contribution in [3.8, 4) is 16.9 Å². The van der Waals surface area contributed by atoms with Crippen molar-refractivity contribution >= 4 is 0 Å². The number of rotatable bonds is 4. The van der Waals surface area contributed by atoms with Gasteiger partial charge >= 0.3 is 6.11 Å². The second-order valence-electron chi connectivity index (χ2n) is 3.39. The maximum Gasteiger partial charge on any atom is 0.427 e. The van der Waals surface area contributed by atoms with Gasteiger partial charge in [-0.05, 0) is 17.7 Å². The molecule has 0 atom stereocenters. The highest BCUT2D eigenvalue weighted by Gasteiger charge is 2.31. The highest BCUT2D eigenvalue weighted by atomic mass is 19.3. The number of H-pyrrole nitrogens is 1. The fourth-order valence-corrected chi connectivity index (χ4v) is 1.35.